The van der Waals surface area contributed by atoms with Crippen molar-refractivity contribution in [2.24, 2.45) is 5.92 Å². The molecule has 4 heteroatoms. The number of rotatable bonds is 4. The van der Waals surface area contributed by atoms with Crippen molar-refractivity contribution in [3.05, 3.63) is 65.7 Å². The summed E-state index contributed by atoms with van der Waals surface area (Å²) in [6.45, 7) is 0.353. The molecule has 1 aliphatic rings. The first-order valence-electron chi connectivity index (χ1n) is 8.61. The molecular weight excluding hydrogens is 328 g/mol. The van der Waals surface area contributed by atoms with Crippen LogP contribution in [0.1, 0.15) is 15.9 Å². The first-order chi connectivity index (χ1) is 12.7. The van der Waals surface area contributed by atoms with E-state index in [1.807, 2.05) is 18.2 Å². The van der Waals surface area contributed by atoms with Crippen LogP contribution in [0.5, 0.6) is 17.2 Å². The maximum absolute atomic E-state index is 13.1. The van der Waals surface area contributed by atoms with Gasteiger partial charge in [0.2, 0.25) is 0 Å². The van der Waals surface area contributed by atoms with Gasteiger partial charge in [-0.1, -0.05) is 42.5 Å². The third-order valence-electron chi connectivity index (χ3n) is 4.90. The predicted octanol–water partition coefficient (Wildman–Crippen LogP) is 4.29. The van der Waals surface area contributed by atoms with Gasteiger partial charge < -0.3 is 14.2 Å². The lowest BCUT2D eigenvalue weighted by Crippen LogP contribution is -2.30. The molecule has 0 aliphatic carbocycles. The molecule has 0 N–H and O–H groups in total. The molecule has 3 aromatic carbocycles. The third kappa shape index (κ3) is 2.77. The number of ketones is 1. The lowest BCUT2D eigenvalue weighted by molar-refractivity contribution is 0.0825. The van der Waals surface area contributed by atoms with Crippen LogP contribution < -0.4 is 14.2 Å². The number of fused-ring (bicyclic) bond motifs is 2. The van der Waals surface area contributed by atoms with Crippen molar-refractivity contribution in [3.8, 4) is 17.2 Å². The van der Waals surface area contributed by atoms with Crippen molar-refractivity contribution >= 4 is 16.6 Å². The van der Waals surface area contributed by atoms with Gasteiger partial charge in [-0.15, -0.1) is 0 Å². The molecule has 1 atom stereocenters. The molecule has 4 rings (SSSR count). The molecule has 0 bridgehead atoms. The highest BCUT2D eigenvalue weighted by atomic mass is 16.5. The van der Waals surface area contributed by atoms with Crippen molar-refractivity contribution in [2.45, 2.75) is 6.42 Å². The Labute approximate surface area is 152 Å². The monoisotopic (exact) mass is 348 g/mol. The van der Waals surface area contributed by atoms with Gasteiger partial charge in [0.15, 0.2) is 5.78 Å². The molecule has 132 valence electrons. The highest BCUT2D eigenvalue weighted by Crippen LogP contribution is 2.39. The summed E-state index contributed by atoms with van der Waals surface area (Å²) in [5.41, 5.74) is 1.66. The molecule has 26 heavy (non-hydrogen) atoms. The zero-order chi connectivity index (χ0) is 18.1. The van der Waals surface area contributed by atoms with Gasteiger partial charge in [0.05, 0.1) is 26.7 Å². The molecule has 1 heterocycles. The summed E-state index contributed by atoms with van der Waals surface area (Å²) >= 11 is 0. The molecule has 1 unspecified atom stereocenters. The van der Waals surface area contributed by atoms with E-state index in [4.69, 9.17) is 14.2 Å². The van der Waals surface area contributed by atoms with Gasteiger partial charge in [-0.2, -0.15) is 0 Å². The molecule has 0 saturated carbocycles. The maximum Gasteiger partial charge on any atom is 0.177 e. The second-order valence-corrected chi connectivity index (χ2v) is 6.42. The third-order valence-corrected chi connectivity index (χ3v) is 4.90. The molecule has 1 aliphatic heterocycles. The van der Waals surface area contributed by atoms with Crippen molar-refractivity contribution in [2.75, 3.05) is 20.8 Å². The zero-order valence-corrected chi connectivity index (χ0v) is 14.8. The van der Waals surface area contributed by atoms with Crippen LogP contribution in [0.2, 0.25) is 0 Å². The minimum Gasteiger partial charge on any atom is -0.496 e. The Hall–Kier alpha value is -3.01. The summed E-state index contributed by atoms with van der Waals surface area (Å²) in [6, 6.07) is 17.9. The highest BCUT2D eigenvalue weighted by molar-refractivity contribution is 6.04. The summed E-state index contributed by atoms with van der Waals surface area (Å²) in [6.07, 6.45) is 0.634. The van der Waals surface area contributed by atoms with E-state index in [0.29, 0.717) is 35.8 Å². The van der Waals surface area contributed by atoms with Gasteiger partial charge in [0, 0.05) is 12.1 Å². The zero-order valence-electron chi connectivity index (χ0n) is 14.8. The van der Waals surface area contributed by atoms with Crippen molar-refractivity contribution in [1.29, 1.82) is 0 Å². The van der Waals surface area contributed by atoms with E-state index in [-0.39, 0.29) is 11.7 Å². The van der Waals surface area contributed by atoms with Crippen LogP contribution >= 0.6 is 0 Å². The molecule has 0 saturated heterocycles. The van der Waals surface area contributed by atoms with Crippen molar-refractivity contribution in [1.82, 2.24) is 0 Å². The molecule has 3 aromatic rings. The Balaban J connectivity index is 1.69. The minimum absolute atomic E-state index is 0.0543. The topological polar surface area (TPSA) is 44.8 Å². The highest BCUT2D eigenvalue weighted by Gasteiger charge is 2.33. The molecule has 0 fully saturated rings. The number of benzene rings is 3. The van der Waals surface area contributed by atoms with E-state index in [0.717, 1.165) is 5.56 Å². The Kier molecular flexibility index (Phi) is 4.25. The second kappa shape index (κ2) is 6.71. The van der Waals surface area contributed by atoms with Gasteiger partial charge in [-0.25, -0.2) is 0 Å². The first kappa shape index (κ1) is 16.5. The predicted molar refractivity (Wildman–Crippen MR) is 101 cm³/mol. The van der Waals surface area contributed by atoms with E-state index >= 15 is 0 Å². The molecule has 0 amide bonds. The maximum atomic E-state index is 13.1. The van der Waals surface area contributed by atoms with E-state index < -0.39 is 0 Å². The van der Waals surface area contributed by atoms with Crippen LogP contribution in [0.3, 0.4) is 0 Å². The molecule has 0 aromatic heterocycles. The normalized spacial score (nSPS) is 16.1. The fourth-order valence-corrected chi connectivity index (χ4v) is 3.56. The average molecular weight is 348 g/mol. The fraction of sp³-hybridized carbons (Fsp3) is 0.227. The fourth-order valence-electron chi connectivity index (χ4n) is 3.56. The molecular formula is C22H20O4. The van der Waals surface area contributed by atoms with Crippen LogP contribution in [0.15, 0.2) is 54.6 Å². The van der Waals surface area contributed by atoms with E-state index in [1.165, 1.54) is 10.8 Å². The minimum atomic E-state index is -0.240. The smallest absolute Gasteiger partial charge is 0.177 e. The van der Waals surface area contributed by atoms with E-state index in [2.05, 4.69) is 24.3 Å². The number of hydrogen-bond acceptors (Lipinski definition) is 4. The SMILES string of the molecule is COc1cc(OC)c2c(c1)OCC(Cc1cccc3ccccc13)C2=O. The van der Waals surface area contributed by atoms with Gasteiger partial charge in [-0.3, -0.25) is 4.79 Å². The summed E-state index contributed by atoms with van der Waals surface area (Å²) in [5.74, 6) is 1.45. The van der Waals surface area contributed by atoms with Crippen LogP contribution in [-0.2, 0) is 6.42 Å². The number of Topliss-reactive ketones (excluding diaryl/α,β-unsaturated/α-hetero) is 1. The molecule has 0 spiro atoms. The molecule has 0 radical (unpaired) electrons. The van der Waals surface area contributed by atoms with Gasteiger partial charge in [0.1, 0.15) is 22.8 Å². The van der Waals surface area contributed by atoms with Crippen LogP contribution in [0.25, 0.3) is 10.8 Å². The van der Waals surface area contributed by atoms with E-state index in [1.54, 1.807) is 26.4 Å². The summed E-state index contributed by atoms with van der Waals surface area (Å²) < 4.78 is 16.6. The lowest BCUT2D eigenvalue weighted by Gasteiger charge is -2.26. The van der Waals surface area contributed by atoms with Gasteiger partial charge in [0.25, 0.3) is 0 Å². The Bertz CT molecular complexity index is 955. The number of hydrogen-bond donors (Lipinski definition) is 0. The van der Waals surface area contributed by atoms with Gasteiger partial charge >= 0.3 is 0 Å². The van der Waals surface area contributed by atoms with Crippen LogP contribution in [-0.4, -0.2) is 26.6 Å². The summed E-state index contributed by atoms with van der Waals surface area (Å²) in [5, 5.41) is 2.35. The quantitative estimate of drug-likeness (QED) is 0.705. The summed E-state index contributed by atoms with van der Waals surface area (Å²) in [7, 11) is 3.13. The Morgan fingerprint density at radius 1 is 1.04 bits per heavy atom. The largest absolute Gasteiger partial charge is 0.496 e. The summed E-state index contributed by atoms with van der Waals surface area (Å²) in [4.78, 5) is 13.1. The van der Waals surface area contributed by atoms with Crippen molar-refractivity contribution < 1.29 is 19.0 Å². The van der Waals surface area contributed by atoms with E-state index in [9.17, 15) is 4.79 Å². The number of ether oxygens (including phenoxy) is 3. The first-order valence-corrected chi connectivity index (χ1v) is 8.61. The Morgan fingerprint density at radius 3 is 2.65 bits per heavy atom. The van der Waals surface area contributed by atoms with Crippen LogP contribution in [0.4, 0.5) is 0 Å². The molecule has 4 nitrogen and oxygen atoms in total. The standard InChI is InChI=1S/C22H20O4/c1-24-17-11-19(25-2)21-20(12-17)26-13-16(22(21)23)10-15-8-5-7-14-6-3-4-9-18(14)15/h3-9,11-12,16H,10,13H2,1-2H3. The number of methoxy groups -OCH3 is 2. The Morgan fingerprint density at radius 2 is 1.85 bits per heavy atom. The van der Waals surface area contributed by atoms with Crippen molar-refractivity contribution in [3.63, 3.8) is 0 Å². The lowest BCUT2D eigenvalue weighted by atomic mass is 9.87. The average Bonchev–Trinajstić information content (AvgIpc) is 2.69. The van der Waals surface area contributed by atoms with Crippen LogP contribution in [0, 0.1) is 5.92 Å². The second-order valence-electron chi connectivity index (χ2n) is 6.42. The number of carbonyl (C=O) groups is 1. The number of carbonyl (C=O) groups excluding carboxylic acids is 1. The van der Waals surface area contributed by atoms with Gasteiger partial charge in [-0.05, 0) is 22.8 Å².